The van der Waals surface area contributed by atoms with Crippen molar-refractivity contribution in [2.75, 3.05) is 5.32 Å². The lowest BCUT2D eigenvalue weighted by Crippen LogP contribution is -2.30. The Morgan fingerprint density at radius 3 is 2.30 bits per heavy atom. The first-order valence-corrected chi connectivity index (χ1v) is 10.4. The van der Waals surface area contributed by atoms with Gasteiger partial charge in [0, 0.05) is 16.8 Å². The van der Waals surface area contributed by atoms with Crippen molar-refractivity contribution in [2.45, 2.75) is 43.7 Å². The Labute approximate surface area is 180 Å². The summed E-state index contributed by atoms with van der Waals surface area (Å²) >= 11 is 1.38. The molecule has 6 heteroatoms. The maximum atomic E-state index is 12.8. The van der Waals surface area contributed by atoms with Crippen molar-refractivity contribution >= 4 is 29.3 Å². The minimum atomic E-state index is -0.950. The number of esters is 1. The Morgan fingerprint density at radius 1 is 0.967 bits per heavy atom. The van der Waals surface area contributed by atoms with E-state index < -0.39 is 12.1 Å². The van der Waals surface area contributed by atoms with Crippen LogP contribution in [-0.2, 0) is 9.53 Å². The number of amides is 1. The molecule has 1 aromatic heterocycles. The van der Waals surface area contributed by atoms with Gasteiger partial charge in [-0.2, -0.15) is 0 Å². The Morgan fingerprint density at radius 2 is 1.63 bits per heavy atom. The van der Waals surface area contributed by atoms with Gasteiger partial charge in [-0.25, -0.2) is 9.78 Å². The number of pyridine rings is 1. The molecule has 0 aliphatic heterocycles. The number of nitrogens with zero attached hydrogens (tertiary/aromatic N) is 1. The molecule has 3 aromatic rings. The molecule has 1 atom stereocenters. The monoisotopic (exact) mass is 420 g/mol. The number of benzene rings is 2. The lowest BCUT2D eigenvalue weighted by atomic mass is 10.1. The molecule has 0 aliphatic rings. The van der Waals surface area contributed by atoms with Crippen molar-refractivity contribution in [3.63, 3.8) is 0 Å². The molecule has 0 unspecified atom stereocenters. The van der Waals surface area contributed by atoms with Crippen LogP contribution in [0, 0.1) is 20.8 Å². The van der Waals surface area contributed by atoms with Crippen LogP contribution < -0.4 is 5.32 Å². The summed E-state index contributed by atoms with van der Waals surface area (Å²) in [4.78, 5) is 30.6. The topological polar surface area (TPSA) is 68.3 Å². The summed E-state index contributed by atoms with van der Waals surface area (Å²) in [6.45, 7) is 7.42. The second kappa shape index (κ2) is 9.59. The fourth-order valence-electron chi connectivity index (χ4n) is 2.86. The van der Waals surface area contributed by atoms with Gasteiger partial charge in [-0.05, 0) is 63.1 Å². The van der Waals surface area contributed by atoms with Crippen LogP contribution in [0.25, 0.3) is 0 Å². The zero-order valence-electron chi connectivity index (χ0n) is 17.4. The van der Waals surface area contributed by atoms with Crippen LogP contribution >= 0.6 is 11.8 Å². The predicted octanol–water partition coefficient (Wildman–Crippen LogP) is 5.34. The molecule has 154 valence electrons. The average Bonchev–Trinajstić information content (AvgIpc) is 2.72. The van der Waals surface area contributed by atoms with E-state index >= 15 is 0 Å². The van der Waals surface area contributed by atoms with Gasteiger partial charge in [0.1, 0.15) is 5.03 Å². The normalized spacial score (nSPS) is 11.6. The smallest absolute Gasteiger partial charge is 0.341 e. The van der Waals surface area contributed by atoms with E-state index in [1.54, 1.807) is 25.3 Å². The lowest BCUT2D eigenvalue weighted by molar-refractivity contribution is -0.123. The third-order valence-corrected chi connectivity index (χ3v) is 5.64. The van der Waals surface area contributed by atoms with E-state index in [1.807, 2.05) is 63.2 Å². The Bertz CT molecular complexity index is 1040. The third-order valence-electron chi connectivity index (χ3n) is 4.61. The highest BCUT2D eigenvalue weighted by atomic mass is 32.2. The first-order valence-electron chi connectivity index (χ1n) is 9.62. The number of aryl methyl sites for hydroxylation is 3. The number of para-hydroxylation sites is 1. The first-order chi connectivity index (χ1) is 14.3. The van der Waals surface area contributed by atoms with Crippen molar-refractivity contribution in [3.8, 4) is 0 Å². The number of carbonyl (C=O) groups excluding carboxylic acids is 2. The first kappa shape index (κ1) is 21.6. The molecule has 3 rings (SSSR count). The largest absolute Gasteiger partial charge is 0.449 e. The summed E-state index contributed by atoms with van der Waals surface area (Å²) in [5.74, 6) is -0.959. The second-order valence-electron chi connectivity index (χ2n) is 7.07. The van der Waals surface area contributed by atoms with E-state index in [1.165, 1.54) is 11.8 Å². The molecule has 0 aliphatic carbocycles. The maximum Gasteiger partial charge on any atom is 0.341 e. The van der Waals surface area contributed by atoms with E-state index in [4.69, 9.17) is 4.74 Å². The number of rotatable bonds is 6. The minimum absolute atomic E-state index is 0.329. The predicted molar refractivity (Wildman–Crippen MR) is 119 cm³/mol. The van der Waals surface area contributed by atoms with Crippen LogP contribution in [0.1, 0.15) is 34.0 Å². The molecule has 1 N–H and O–H groups in total. The van der Waals surface area contributed by atoms with Crippen LogP contribution in [0.15, 0.2) is 70.7 Å². The number of hydrogen-bond acceptors (Lipinski definition) is 5. The van der Waals surface area contributed by atoms with E-state index in [0.29, 0.717) is 10.6 Å². The lowest BCUT2D eigenvalue weighted by Gasteiger charge is -2.16. The second-order valence-corrected chi connectivity index (χ2v) is 8.14. The van der Waals surface area contributed by atoms with Crippen LogP contribution in [0.4, 0.5) is 5.69 Å². The number of aromatic nitrogens is 1. The van der Waals surface area contributed by atoms with Gasteiger partial charge in [-0.15, -0.1) is 0 Å². The van der Waals surface area contributed by atoms with Crippen molar-refractivity contribution in [1.29, 1.82) is 0 Å². The Balaban J connectivity index is 1.71. The quantitative estimate of drug-likeness (QED) is 0.545. The molecule has 5 nitrogen and oxygen atoms in total. The van der Waals surface area contributed by atoms with E-state index in [-0.39, 0.29) is 5.91 Å². The zero-order chi connectivity index (χ0) is 21.7. The molecule has 30 heavy (non-hydrogen) atoms. The van der Waals surface area contributed by atoms with Gasteiger partial charge in [-0.1, -0.05) is 47.7 Å². The van der Waals surface area contributed by atoms with E-state index in [9.17, 15) is 9.59 Å². The third kappa shape index (κ3) is 5.27. The molecule has 2 aromatic carbocycles. The van der Waals surface area contributed by atoms with Crippen LogP contribution in [0.5, 0.6) is 0 Å². The van der Waals surface area contributed by atoms with Gasteiger partial charge in [0.15, 0.2) is 6.10 Å². The van der Waals surface area contributed by atoms with Crippen molar-refractivity contribution < 1.29 is 14.3 Å². The molecule has 0 bridgehead atoms. The van der Waals surface area contributed by atoms with Crippen LogP contribution in [-0.4, -0.2) is 23.0 Å². The number of hydrogen-bond donors (Lipinski definition) is 1. The highest BCUT2D eigenvalue weighted by molar-refractivity contribution is 7.99. The molecule has 0 saturated carbocycles. The molecule has 0 radical (unpaired) electrons. The summed E-state index contributed by atoms with van der Waals surface area (Å²) in [6, 6.07) is 17.1. The average molecular weight is 421 g/mol. The van der Waals surface area contributed by atoms with Gasteiger partial charge in [0.2, 0.25) is 0 Å². The Hall–Kier alpha value is -3.12. The minimum Gasteiger partial charge on any atom is -0.449 e. The number of ether oxygens (including phenoxy) is 1. The summed E-state index contributed by atoms with van der Waals surface area (Å²) < 4.78 is 5.44. The SMILES string of the molecule is Cc1ccc(Sc2ncccc2C(=O)O[C@@H](C)C(=O)Nc2c(C)cccc2C)cc1. The molecular formula is C24H24N2O3S. The fourth-order valence-corrected chi connectivity index (χ4v) is 3.73. The van der Waals surface area contributed by atoms with Gasteiger partial charge >= 0.3 is 5.97 Å². The van der Waals surface area contributed by atoms with Crippen molar-refractivity contribution in [3.05, 3.63) is 83.0 Å². The summed E-state index contributed by atoms with van der Waals surface area (Å²) in [7, 11) is 0. The van der Waals surface area contributed by atoms with Crippen molar-refractivity contribution in [1.82, 2.24) is 4.98 Å². The number of nitrogens with one attached hydrogen (secondary N) is 1. The van der Waals surface area contributed by atoms with Gasteiger partial charge in [-0.3, -0.25) is 4.79 Å². The standard InChI is InChI=1S/C24H24N2O3S/c1-15-10-12-19(13-11-15)30-23-20(9-6-14-25-23)24(28)29-18(4)22(27)26-21-16(2)7-5-8-17(21)3/h5-14,18H,1-4H3,(H,26,27)/t18-/m0/s1. The Kier molecular flexibility index (Phi) is 6.90. The fraction of sp³-hybridized carbons (Fsp3) is 0.208. The highest BCUT2D eigenvalue weighted by Gasteiger charge is 2.22. The summed E-state index contributed by atoms with van der Waals surface area (Å²) in [5, 5.41) is 3.39. The molecular weight excluding hydrogens is 396 g/mol. The summed E-state index contributed by atoms with van der Waals surface area (Å²) in [6.07, 6.45) is 0.679. The number of carbonyl (C=O) groups is 2. The van der Waals surface area contributed by atoms with Crippen LogP contribution in [0.2, 0.25) is 0 Å². The van der Waals surface area contributed by atoms with E-state index in [0.717, 1.165) is 27.3 Å². The molecule has 1 heterocycles. The molecule has 0 fully saturated rings. The molecule has 0 spiro atoms. The maximum absolute atomic E-state index is 12.8. The molecule has 0 saturated heterocycles. The van der Waals surface area contributed by atoms with E-state index in [2.05, 4.69) is 10.3 Å². The van der Waals surface area contributed by atoms with Crippen molar-refractivity contribution in [2.24, 2.45) is 0 Å². The highest BCUT2D eigenvalue weighted by Crippen LogP contribution is 2.29. The van der Waals surface area contributed by atoms with Gasteiger partial charge in [0.25, 0.3) is 5.91 Å². The summed E-state index contributed by atoms with van der Waals surface area (Å²) in [5.41, 5.74) is 4.12. The number of anilines is 1. The van der Waals surface area contributed by atoms with Crippen LogP contribution in [0.3, 0.4) is 0 Å². The zero-order valence-corrected chi connectivity index (χ0v) is 18.2. The van der Waals surface area contributed by atoms with Gasteiger partial charge in [0.05, 0.1) is 5.56 Å². The van der Waals surface area contributed by atoms with Gasteiger partial charge < -0.3 is 10.1 Å². The molecule has 1 amide bonds.